The van der Waals surface area contributed by atoms with Crippen molar-refractivity contribution in [1.82, 2.24) is 0 Å². The van der Waals surface area contributed by atoms with Gasteiger partial charge in [-0.25, -0.2) is 0 Å². The molecule has 0 aromatic rings. The van der Waals surface area contributed by atoms with Crippen molar-refractivity contribution in [3.8, 4) is 0 Å². The zero-order chi connectivity index (χ0) is 18.9. The van der Waals surface area contributed by atoms with Gasteiger partial charge in [0.05, 0.1) is 0 Å². The second kappa shape index (κ2) is 10.8. The van der Waals surface area contributed by atoms with E-state index >= 15 is 0 Å². The number of rotatable bonds is 12. The Labute approximate surface area is 157 Å². The topological polar surface area (TPSA) is 36.9 Å². The quantitative estimate of drug-likeness (QED) is 0.441. The SMILES string of the molecule is CCO[Si](C[Si](C)(OCC)C1=CC=C(C(C)C)CC1)(OCC)OCC. The highest BCUT2D eigenvalue weighted by atomic mass is 28.4. The van der Waals surface area contributed by atoms with Gasteiger partial charge in [0.25, 0.3) is 0 Å². The number of allylic oxidation sites excluding steroid dienone is 4. The molecule has 0 radical (unpaired) electrons. The molecule has 0 heterocycles. The first kappa shape index (κ1) is 22.8. The maximum Gasteiger partial charge on any atom is 0.500 e. The fourth-order valence-electron chi connectivity index (χ4n) is 3.50. The van der Waals surface area contributed by atoms with Crippen LogP contribution in [0.15, 0.2) is 22.9 Å². The van der Waals surface area contributed by atoms with Crippen LogP contribution in [0.4, 0.5) is 0 Å². The van der Waals surface area contributed by atoms with Crippen molar-refractivity contribution >= 4 is 17.1 Å². The summed E-state index contributed by atoms with van der Waals surface area (Å²) in [5.41, 5.74) is 2.32. The third kappa shape index (κ3) is 6.45. The molecule has 146 valence electrons. The van der Waals surface area contributed by atoms with E-state index in [0.29, 0.717) is 25.7 Å². The highest BCUT2D eigenvalue weighted by Crippen LogP contribution is 2.35. The van der Waals surface area contributed by atoms with Crippen molar-refractivity contribution in [2.45, 2.75) is 66.6 Å². The predicted octanol–water partition coefficient (Wildman–Crippen LogP) is 5.03. The van der Waals surface area contributed by atoms with Gasteiger partial charge in [-0.05, 0) is 53.0 Å². The normalized spacial score (nSPS) is 18.1. The summed E-state index contributed by atoms with van der Waals surface area (Å²) in [5, 5.41) is 1.45. The molecule has 0 aromatic heterocycles. The molecule has 0 saturated carbocycles. The van der Waals surface area contributed by atoms with Crippen LogP contribution in [0.5, 0.6) is 0 Å². The number of hydrogen-bond acceptors (Lipinski definition) is 4. The Hall–Kier alpha value is -0.246. The first-order chi connectivity index (χ1) is 11.9. The van der Waals surface area contributed by atoms with Crippen molar-refractivity contribution in [3.05, 3.63) is 22.9 Å². The standard InChI is InChI=1S/C19H38O4Si2/c1-8-20-24(7,19-14-12-18(13-15-19)17(5)6)16-25(21-9-2,22-10-3)23-11-4/h12,14,17H,8-11,13,15-16H2,1-7H3. The molecule has 1 rings (SSSR count). The molecule has 0 amide bonds. The molecular formula is C19H38O4Si2. The van der Waals surface area contributed by atoms with Crippen LogP contribution in [-0.4, -0.2) is 43.5 Å². The molecule has 4 nitrogen and oxygen atoms in total. The minimum absolute atomic E-state index is 0.610. The van der Waals surface area contributed by atoms with Crippen LogP contribution in [0.2, 0.25) is 12.2 Å². The minimum Gasteiger partial charge on any atom is -0.413 e. The maximum absolute atomic E-state index is 6.40. The summed E-state index contributed by atoms with van der Waals surface area (Å²) in [6.45, 7) is 17.5. The first-order valence-electron chi connectivity index (χ1n) is 9.82. The van der Waals surface area contributed by atoms with E-state index in [1.807, 2.05) is 20.8 Å². The fraction of sp³-hybridized carbons (Fsp3) is 0.789. The monoisotopic (exact) mass is 386 g/mol. The fourth-order valence-corrected chi connectivity index (χ4v) is 12.8. The van der Waals surface area contributed by atoms with Crippen LogP contribution < -0.4 is 0 Å². The van der Waals surface area contributed by atoms with Gasteiger partial charge < -0.3 is 17.7 Å². The summed E-state index contributed by atoms with van der Waals surface area (Å²) >= 11 is 0. The van der Waals surface area contributed by atoms with Crippen LogP contribution in [0.25, 0.3) is 0 Å². The Morgan fingerprint density at radius 3 is 1.72 bits per heavy atom. The average molecular weight is 387 g/mol. The molecule has 0 fully saturated rings. The van der Waals surface area contributed by atoms with Crippen molar-refractivity contribution in [2.24, 2.45) is 5.92 Å². The molecule has 25 heavy (non-hydrogen) atoms. The molecule has 1 aliphatic carbocycles. The lowest BCUT2D eigenvalue weighted by Crippen LogP contribution is -2.55. The molecule has 0 aliphatic heterocycles. The smallest absolute Gasteiger partial charge is 0.413 e. The van der Waals surface area contributed by atoms with Crippen molar-refractivity contribution < 1.29 is 17.7 Å². The highest BCUT2D eigenvalue weighted by molar-refractivity contribution is 6.90. The lowest BCUT2D eigenvalue weighted by atomic mass is 9.95. The molecule has 0 aromatic carbocycles. The Bertz CT molecular complexity index is 445. The van der Waals surface area contributed by atoms with E-state index in [1.54, 1.807) is 0 Å². The van der Waals surface area contributed by atoms with E-state index < -0.39 is 17.1 Å². The molecule has 6 heteroatoms. The van der Waals surface area contributed by atoms with Crippen LogP contribution in [0.3, 0.4) is 0 Å². The molecule has 1 aliphatic rings. The Morgan fingerprint density at radius 2 is 1.36 bits per heavy atom. The summed E-state index contributed by atoms with van der Waals surface area (Å²) in [4.78, 5) is 0. The van der Waals surface area contributed by atoms with Gasteiger partial charge >= 0.3 is 8.80 Å². The van der Waals surface area contributed by atoms with Gasteiger partial charge in [0.2, 0.25) is 8.32 Å². The van der Waals surface area contributed by atoms with Crippen LogP contribution in [0, 0.1) is 5.92 Å². The zero-order valence-corrected chi connectivity index (χ0v) is 19.3. The molecule has 0 N–H and O–H groups in total. The van der Waals surface area contributed by atoms with E-state index in [2.05, 4.69) is 39.5 Å². The summed E-state index contributed by atoms with van der Waals surface area (Å²) in [6, 6.07) is 0. The first-order valence-corrected chi connectivity index (χ1v) is 14.4. The second-order valence-electron chi connectivity index (χ2n) is 6.91. The van der Waals surface area contributed by atoms with E-state index in [4.69, 9.17) is 17.7 Å². The highest BCUT2D eigenvalue weighted by Gasteiger charge is 2.51. The molecular weight excluding hydrogens is 348 g/mol. The predicted molar refractivity (Wildman–Crippen MR) is 109 cm³/mol. The van der Waals surface area contributed by atoms with E-state index in [0.717, 1.165) is 25.1 Å². The minimum atomic E-state index is -2.72. The summed E-state index contributed by atoms with van der Waals surface area (Å²) < 4.78 is 24.7. The van der Waals surface area contributed by atoms with E-state index in [1.165, 1.54) is 10.8 Å². The second-order valence-corrected chi connectivity index (χ2v) is 13.9. The lowest BCUT2D eigenvalue weighted by molar-refractivity contribution is 0.0742. The summed E-state index contributed by atoms with van der Waals surface area (Å²) in [7, 11) is -4.87. The van der Waals surface area contributed by atoms with Gasteiger partial charge in [-0.3, -0.25) is 0 Å². The van der Waals surface area contributed by atoms with Gasteiger partial charge in [0.1, 0.15) is 0 Å². The van der Waals surface area contributed by atoms with E-state index in [-0.39, 0.29) is 0 Å². The summed E-state index contributed by atoms with van der Waals surface area (Å²) in [6.07, 6.45) is 6.83. The van der Waals surface area contributed by atoms with Gasteiger partial charge in [0.15, 0.2) is 0 Å². The molecule has 1 unspecified atom stereocenters. The zero-order valence-electron chi connectivity index (χ0n) is 17.3. The Balaban J connectivity index is 3.14. The molecule has 1 atom stereocenters. The van der Waals surface area contributed by atoms with Crippen LogP contribution in [0.1, 0.15) is 54.4 Å². The molecule has 0 saturated heterocycles. The Kier molecular flexibility index (Phi) is 9.84. The third-order valence-electron chi connectivity index (χ3n) is 4.71. The average Bonchev–Trinajstić information content (AvgIpc) is 2.56. The van der Waals surface area contributed by atoms with Crippen molar-refractivity contribution in [2.75, 3.05) is 26.4 Å². The maximum atomic E-state index is 6.40. The van der Waals surface area contributed by atoms with Gasteiger partial charge in [-0.1, -0.05) is 36.8 Å². The lowest BCUT2D eigenvalue weighted by Gasteiger charge is -2.38. The molecule has 0 bridgehead atoms. The number of hydrogen-bond donors (Lipinski definition) is 0. The van der Waals surface area contributed by atoms with Gasteiger partial charge in [-0.15, -0.1) is 0 Å². The van der Waals surface area contributed by atoms with Crippen LogP contribution in [-0.2, 0) is 17.7 Å². The molecule has 0 spiro atoms. The van der Waals surface area contributed by atoms with Gasteiger partial charge in [0, 0.05) is 32.1 Å². The van der Waals surface area contributed by atoms with E-state index in [9.17, 15) is 0 Å². The van der Waals surface area contributed by atoms with Gasteiger partial charge in [-0.2, -0.15) is 0 Å². The Morgan fingerprint density at radius 1 is 0.840 bits per heavy atom. The summed E-state index contributed by atoms with van der Waals surface area (Å²) in [5.74, 6) is 0.613. The van der Waals surface area contributed by atoms with Crippen molar-refractivity contribution in [1.29, 1.82) is 0 Å². The van der Waals surface area contributed by atoms with Crippen LogP contribution >= 0.6 is 0 Å². The largest absolute Gasteiger partial charge is 0.500 e. The third-order valence-corrected chi connectivity index (χ3v) is 14.0. The van der Waals surface area contributed by atoms with Crippen molar-refractivity contribution in [3.63, 3.8) is 0 Å².